The molecule has 16 rings (SSSR count). The number of fused-ring (bicyclic) bond motifs is 2. The molecule has 9 aromatic heterocycles. The van der Waals surface area contributed by atoms with E-state index in [9.17, 15) is 81.9 Å². The monoisotopic (exact) mass is 2300 g/mol. The van der Waals surface area contributed by atoms with E-state index in [2.05, 4.69) is 67.1 Å². The highest BCUT2D eigenvalue weighted by Gasteiger charge is 2.52. The summed E-state index contributed by atoms with van der Waals surface area (Å²) >= 11 is 37.6. The molecule has 7 saturated heterocycles. The van der Waals surface area contributed by atoms with Crippen molar-refractivity contribution in [2.45, 2.75) is 222 Å². The molecule has 145 heavy (non-hydrogen) atoms. The number of nitrogen functional groups attached to an aromatic ring is 3. The lowest BCUT2D eigenvalue weighted by atomic mass is 10.1. The zero-order valence-electron chi connectivity index (χ0n) is 76.5. The van der Waals surface area contributed by atoms with Gasteiger partial charge in [0.05, 0.1) is 95.0 Å². The van der Waals surface area contributed by atoms with Crippen molar-refractivity contribution in [2.24, 2.45) is 0 Å². The topological polar surface area (TPSA) is 772 Å². The second kappa shape index (κ2) is 44.5. The molecule has 0 aromatic carbocycles. The van der Waals surface area contributed by atoms with E-state index in [1.165, 1.54) is 74.4 Å². The summed E-state index contributed by atoms with van der Waals surface area (Å²) in [6.07, 6.45) is -19.4. The number of thiol groups is 1. The van der Waals surface area contributed by atoms with E-state index in [1.54, 1.807) is 13.8 Å². The van der Waals surface area contributed by atoms with Crippen molar-refractivity contribution < 1.29 is 130 Å². The summed E-state index contributed by atoms with van der Waals surface area (Å²) < 4.78 is 150. The lowest BCUT2D eigenvalue weighted by Gasteiger charge is -2.28. The van der Waals surface area contributed by atoms with E-state index in [0.29, 0.717) is 5.56 Å². The van der Waals surface area contributed by atoms with Gasteiger partial charge in [-0.15, -0.1) is 0 Å². The lowest BCUT2D eigenvalue weighted by Crippen LogP contribution is -2.33. The number of nitrogens with zero attached hydrogens (tertiary/aromatic N) is 13. The quantitative estimate of drug-likeness (QED) is 0.0187. The Morgan fingerprint density at radius 3 is 1.00 bits per heavy atom. The zero-order chi connectivity index (χ0) is 105. The number of aromatic amines is 5. The van der Waals surface area contributed by atoms with Gasteiger partial charge in [-0.1, -0.05) is 19.2 Å². The van der Waals surface area contributed by atoms with Gasteiger partial charge in [-0.05, 0) is 112 Å². The van der Waals surface area contributed by atoms with Crippen molar-refractivity contribution in [2.75, 3.05) is 64.0 Å². The number of nitrogens with one attached hydrogen (secondary N) is 5. The average molecular weight is 2300 g/mol. The molecule has 794 valence electrons. The van der Waals surface area contributed by atoms with E-state index >= 15 is 0 Å². The van der Waals surface area contributed by atoms with Crippen LogP contribution in [0.15, 0.2) is 97.9 Å². The van der Waals surface area contributed by atoms with Crippen LogP contribution in [0, 0.1) is 34.6 Å². The number of nitrogens with two attached hydrogens (primary N) is 3. The van der Waals surface area contributed by atoms with Gasteiger partial charge in [0.2, 0.25) is 5.95 Å². The maximum absolute atomic E-state index is 14.8. The molecule has 0 amide bonds. The minimum absolute atomic E-state index is 0.00422. The molecule has 14 unspecified atom stereocenters. The molecule has 0 aliphatic carbocycles. The van der Waals surface area contributed by atoms with Gasteiger partial charge in [-0.3, -0.25) is 89.9 Å². The molecule has 7 aliphatic heterocycles. The summed E-state index contributed by atoms with van der Waals surface area (Å²) in [5.74, 6) is -0.367. The fraction of sp³-hybridized carbons (Fsp3) is 0.583. The van der Waals surface area contributed by atoms with Crippen LogP contribution in [0.3, 0.4) is 0 Å². The number of imidazole rings is 2. The first-order valence-corrected chi connectivity index (χ1v) is 61.8. The van der Waals surface area contributed by atoms with Gasteiger partial charge in [0.15, 0.2) is 22.6 Å². The minimum Gasteiger partial charge on any atom is -0.383 e. The Labute approximate surface area is 849 Å². The van der Waals surface area contributed by atoms with Crippen molar-refractivity contribution in [3.05, 3.63) is 182 Å². The van der Waals surface area contributed by atoms with E-state index in [1.807, 2.05) is 0 Å². The molecular weight excluding hydrogens is 2210 g/mol. The summed E-state index contributed by atoms with van der Waals surface area (Å²) in [6.45, 7) is -27.6. The Bertz CT molecular complexity index is 7460. The van der Waals surface area contributed by atoms with Crippen molar-refractivity contribution in [3.8, 4) is 0 Å². The van der Waals surface area contributed by atoms with Gasteiger partial charge >= 0.3 is 75.6 Å². The largest absolute Gasteiger partial charge is 0.386 e. The van der Waals surface area contributed by atoms with Crippen LogP contribution in [0.25, 0.3) is 22.3 Å². The zero-order valence-corrected chi connectivity index (χ0v) is 88.5. The molecule has 28 atom stereocenters. The summed E-state index contributed by atoms with van der Waals surface area (Å²) in [7, 11) is 1.12. The summed E-state index contributed by atoms with van der Waals surface area (Å²) in [4.78, 5) is 237. The highest BCUT2D eigenvalue weighted by Crippen LogP contribution is 2.60. The minimum atomic E-state index is -4.84. The van der Waals surface area contributed by atoms with E-state index in [0.717, 1.165) is 42.3 Å². The van der Waals surface area contributed by atoms with Crippen molar-refractivity contribution in [1.82, 2.24) is 86.8 Å². The molecule has 0 spiro atoms. The third-order valence-corrected chi connectivity index (χ3v) is 35.2. The first-order chi connectivity index (χ1) is 68.2. The van der Waals surface area contributed by atoms with Gasteiger partial charge in [0.1, 0.15) is 104 Å². The Hall–Kier alpha value is -6.70. The van der Waals surface area contributed by atoms with E-state index in [4.69, 9.17) is 185 Å². The average Bonchev–Trinajstić information content (AvgIpc) is 1.62. The van der Waals surface area contributed by atoms with Crippen LogP contribution in [-0.4, -0.2) is 248 Å². The van der Waals surface area contributed by atoms with Gasteiger partial charge < -0.3 is 134 Å². The highest BCUT2D eigenvalue weighted by atomic mass is 32.7. The Balaban J connectivity index is 0.611. The number of rotatable bonds is 41. The first-order valence-electron chi connectivity index (χ1n) is 43.5. The van der Waals surface area contributed by atoms with Gasteiger partial charge in [-0.25, -0.2) is 48.5 Å². The molecular formula is C72H96N21O38P7S7. The molecule has 7 aliphatic rings. The highest BCUT2D eigenvalue weighted by molar-refractivity contribution is 8.44. The molecule has 7 fully saturated rings. The first kappa shape index (κ1) is 111. The molecule has 0 bridgehead atoms. The number of H-pyrrole nitrogens is 5. The Morgan fingerprint density at radius 1 is 0.366 bits per heavy atom. The SMILES string of the molecule is CC[C@H]1O[C@@H](n2cc(C)c(=O)[nH]c2=O)CC1OP(O)(=S)OC[C@H]1O[C@@H](n2cc(C)c(=O)[nH]c2=O)CC1OP(=O)(S)OC[C@H]1O[C@@H](n2cc(C)c(=O)[nH]c2=O)CC1OP(O)(=S)OC[C@H]1O[C@@H](n2cc(C)c(=O)[nH]c2=O)CC1OP(O)(=S)OC[C@H]1O[C@@H](n2cnc3c(=O)[nH]c(N)nc32)CC1OP(O)(=S)OC[C@H]1O[C@@H](n2cnc3c(N)ncnc32)CC1OP(O)(=S)OC[C@H]1O[C@@H](n2cc(C)c(N)nc2=O)CC1OP(O)(=S)OC. The Morgan fingerprint density at radius 2 is 0.655 bits per heavy atom. The van der Waals surface area contributed by atoms with Crippen LogP contribution in [0.1, 0.15) is 130 Å². The standard InChI is InChI=1S/C72H96N21O38P7S7/c1-8-35-36(9-49(118-35)88-17-31(3)62(94)83-69(88)100)126-133(105,140)112-22-44-38(11-51(120-44)89-18-32(4)63(95)84-70(89)101)127-134(106,141)114-23-45-39(12-52(121-45)90-19-33(5)64(96)85-71(90)102)128-135(107,142)115-24-46-40(13-53(122-46)91-20-34(6)65(97)86-72(91)103)129-136(108,143)117-26-48-42(15-55(124-48)93-29-79-57-61(93)81-67(75)82-66(57)98)131-138(110,145)116-25-47-41(14-54(123-47)92-28-78-56-59(74)76-27-77-60(56)92)130-137(109,144)113-21-43-37(125-132(104,139)111-7)10-50(119-43)87-16-30(2)58(73)80-68(87)99/h16-20,27-29,35-55H,8-15,21-26H2,1-7H3,(H,104,139)(H,105,140)(H,106,141)(H,107,142)(H,108,143)(H,109,144)(H,110,145)(H2,73,80,99)(H2,74,76,77)(H,83,94,100)(H,84,95,101)(H,85,96,102)(H,86,97,103)(H3,75,81,82,98)/t35-,36?,37?,38?,39?,40?,41?,42?,43-,44-,45-,46-,47-,48-,49-,50-,51-,52-,53-,54-,55-,132?,133?,134?,135?,136?,137?,138?/m1/s1. The summed E-state index contributed by atoms with van der Waals surface area (Å²) in [5, 5.41) is 0. The molecule has 0 saturated carbocycles. The summed E-state index contributed by atoms with van der Waals surface area (Å²) in [5.41, 5.74) is 10.7. The lowest BCUT2D eigenvalue weighted by molar-refractivity contribution is -0.0569. The molecule has 9 aromatic rings. The van der Waals surface area contributed by atoms with E-state index in [-0.39, 0.29) is 101 Å². The van der Waals surface area contributed by atoms with Crippen LogP contribution in [0.5, 0.6) is 0 Å². The van der Waals surface area contributed by atoms with Gasteiger partial charge in [0, 0.05) is 111 Å². The van der Waals surface area contributed by atoms with Gasteiger partial charge in [-0.2, -0.15) is 9.97 Å². The normalized spacial score (nSPS) is 29.5. The van der Waals surface area contributed by atoms with Crippen LogP contribution in [0.2, 0.25) is 0 Å². The molecule has 17 N–H and O–H groups in total. The maximum Gasteiger partial charge on any atom is 0.386 e. The number of aryl methyl sites for hydroxylation is 5. The number of ether oxygens (including phenoxy) is 7. The number of anilines is 3. The van der Waals surface area contributed by atoms with Crippen LogP contribution in [0.4, 0.5) is 17.6 Å². The fourth-order valence-electron chi connectivity index (χ4n) is 16.8. The van der Waals surface area contributed by atoms with Crippen LogP contribution < -0.4 is 73.4 Å². The predicted molar refractivity (Wildman–Crippen MR) is 527 cm³/mol. The van der Waals surface area contributed by atoms with Crippen molar-refractivity contribution >= 4 is 170 Å². The Kier molecular flexibility index (Phi) is 34.1. The second-order valence-electron chi connectivity index (χ2n) is 34.0. The van der Waals surface area contributed by atoms with Crippen LogP contribution >= 0.6 is 59.4 Å². The van der Waals surface area contributed by atoms with Crippen LogP contribution in [-0.2, 0) is 172 Å². The third-order valence-electron chi connectivity index (χ3n) is 24.0. The number of hydrogen-bond acceptors (Lipinski definition) is 47. The van der Waals surface area contributed by atoms with Crippen molar-refractivity contribution in [3.63, 3.8) is 0 Å². The van der Waals surface area contributed by atoms with Crippen molar-refractivity contribution in [1.29, 1.82) is 0 Å². The molecule has 73 heteroatoms. The molecule has 0 radical (unpaired) electrons. The predicted octanol–water partition coefficient (Wildman–Crippen LogP) is 0.910. The van der Waals surface area contributed by atoms with E-state index < -0.39 is 285 Å². The maximum atomic E-state index is 14.8. The molecule has 59 nitrogen and oxygen atoms in total. The number of aromatic nitrogens is 18. The molecule has 16 heterocycles. The van der Waals surface area contributed by atoms with Gasteiger partial charge in [0.25, 0.3) is 27.8 Å². The third kappa shape index (κ3) is 26.3. The smallest absolute Gasteiger partial charge is 0.383 e. The number of hydrogen-bond donors (Lipinski definition) is 15. The fourth-order valence-corrected chi connectivity index (χ4v) is 26.7. The second-order valence-corrected chi connectivity index (χ2v) is 53.7. The summed E-state index contributed by atoms with van der Waals surface area (Å²) in [6, 6.07) is 0.